The van der Waals surface area contributed by atoms with Crippen LogP contribution in [0.3, 0.4) is 0 Å². The standard InChI is InChI=1S/C24H34N2/c1-16-9-21(26-22(25-16)18-5-3-2-4-6-18)7-8-23-12-17-10-19-11-20(14-23)24(19,13-17)15-23/h9,17-20H,2-8,10-15H2,1H3. The quantitative estimate of drug-likeness (QED) is 0.667. The molecule has 0 N–H and O–H groups in total. The lowest BCUT2D eigenvalue weighted by Crippen LogP contribution is -2.41. The second-order valence-electron chi connectivity index (χ2n) is 10.9. The zero-order valence-corrected chi connectivity index (χ0v) is 16.5. The summed E-state index contributed by atoms with van der Waals surface area (Å²) in [7, 11) is 0. The van der Waals surface area contributed by atoms with Crippen molar-refractivity contribution in [1.82, 2.24) is 9.97 Å². The predicted octanol–water partition coefficient (Wildman–Crippen LogP) is 5.98. The first kappa shape index (κ1) is 16.1. The molecule has 5 unspecified atom stereocenters. The molecule has 1 spiro atoms. The highest BCUT2D eigenvalue weighted by molar-refractivity contribution is 5.21. The molecule has 1 aromatic heterocycles. The van der Waals surface area contributed by atoms with Crippen molar-refractivity contribution in [3.8, 4) is 0 Å². The van der Waals surface area contributed by atoms with Crippen molar-refractivity contribution < 1.29 is 0 Å². The summed E-state index contributed by atoms with van der Waals surface area (Å²) >= 11 is 0. The van der Waals surface area contributed by atoms with E-state index in [1.807, 2.05) is 0 Å². The summed E-state index contributed by atoms with van der Waals surface area (Å²) in [4.78, 5) is 9.93. The fourth-order valence-corrected chi connectivity index (χ4v) is 8.55. The second-order valence-corrected chi connectivity index (χ2v) is 10.9. The molecule has 0 aliphatic heterocycles. The van der Waals surface area contributed by atoms with E-state index in [4.69, 9.17) is 9.97 Å². The third-order valence-electron chi connectivity index (χ3n) is 9.39. The van der Waals surface area contributed by atoms with Gasteiger partial charge in [0.25, 0.3) is 0 Å². The number of hydrogen-bond donors (Lipinski definition) is 0. The minimum absolute atomic E-state index is 0.632. The number of rotatable bonds is 4. The van der Waals surface area contributed by atoms with E-state index in [0.717, 1.165) is 23.2 Å². The van der Waals surface area contributed by atoms with Crippen LogP contribution in [0.2, 0.25) is 0 Å². The van der Waals surface area contributed by atoms with Gasteiger partial charge in [-0.05, 0) is 106 Å². The van der Waals surface area contributed by atoms with E-state index in [9.17, 15) is 0 Å². The first-order chi connectivity index (χ1) is 12.6. The summed E-state index contributed by atoms with van der Waals surface area (Å²) in [6, 6.07) is 2.28. The van der Waals surface area contributed by atoms with E-state index in [2.05, 4.69) is 13.0 Å². The lowest BCUT2D eigenvalue weighted by Gasteiger charge is -2.49. The Bertz CT molecular complexity index is 717. The average molecular weight is 351 g/mol. The Kier molecular flexibility index (Phi) is 3.43. The Hall–Kier alpha value is -0.920. The van der Waals surface area contributed by atoms with Crippen molar-refractivity contribution in [1.29, 1.82) is 0 Å². The molecule has 5 saturated carbocycles. The van der Waals surface area contributed by atoms with Crippen molar-refractivity contribution in [2.45, 2.75) is 96.3 Å². The molecule has 6 rings (SSSR count). The molecule has 5 fully saturated rings. The first-order valence-corrected chi connectivity index (χ1v) is 11.5. The Morgan fingerprint density at radius 3 is 2.77 bits per heavy atom. The predicted molar refractivity (Wildman–Crippen MR) is 104 cm³/mol. The molecule has 5 aliphatic carbocycles. The highest BCUT2D eigenvalue weighted by Crippen LogP contribution is 2.79. The van der Waals surface area contributed by atoms with Crippen LogP contribution in [-0.4, -0.2) is 9.97 Å². The maximum atomic E-state index is 5.09. The van der Waals surface area contributed by atoms with Crippen molar-refractivity contribution in [3.63, 3.8) is 0 Å². The summed E-state index contributed by atoms with van der Waals surface area (Å²) in [5.74, 6) is 5.11. The monoisotopic (exact) mass is 350 g/mol. The molecule has 5 aliphatic rings. The summed E-state index contributed by atoms with van der Waals surface area (Å²) in [5.41, 5.74) is 4.06. The second kappa shape index (κ2) is 5.55. The van der Waals surface area contributed by atoms with Crippen LogP contribution in [0.25, 0.3) is 0 Å². The van der Waals surface area contributed by atoms with Crippen LogP contribution in [-0.2, 0) is 6.42 Å². The molecule has 2 nitrogen and oxygen atoms in total. The number of aryl methyl sites for hydroxylation is 2. The summed E-state index contributed by atoms with van der Waals surface area (Å²) in [6.45, 7) is 2.18. The number of fused-ring (bicyclic) bond motifs is 2. The number of aromatic nitrogens is 2. The largest absolute Gasteiger partial charge is 0.238 e. The summed E-state index contributed by atoms with van der Waals surface area (Å²) in [5, 5.41) is 0. The van der Waals surface area contributed by atoms with Gasteiger partial charge in [-0.15, -0.1) is 0 Å². The van der Waals surface area contributed by atoms with E-state index < -0.39 is 0 Å². The summed E-state index contributed by atoms with van der Waals surface area (Å²) in [6.07, 6.45) is 18.8. The van der Waals surface area contributed by atoms with Crippen LogP contribution < -0.4 is 0 Å². The third kappa shape index (κ3) is 2.29. The summed E-state index contributed by atoms with van der Waals surface area (Å²) < 4.78 is 0. The van der Waals surface area contributed by atoms with Crippen LogP contribution in [0, 0.1) is 35.5 Å². The Morgan fingerprint density at radius 2 is 1.88 bits per heavy atom. The van der Waals surface area contributed by atoms with E-state index in [1.165, 1.54) is 62.2 Å². The normalized spacial score (nSPS) is 43.5. The van der Waals surface area contributed by atoms with E-state index in [-0.39, 0.29) is 0 Å². The molecule has 0 aromatic carbocycles. The van der Waals surface area contributed by atoms with Gasteiger partial charge >= 0.3 is 0 Å². The van der Waals surface area contributed by atoms with Gasteiger partial charge in [0.15, 0.2) is 0 Å². The number of hydrogen-bond acceptors (Lipinski definition) is 2. The lowest BCUT2D eigenvalue weighted by molar-refractivity contribution is -0.00299. The smallest absolute Gasteiger partial charge is 0.131 e. The molecule has 0 amide bonds. The minimum Gasteiger partial charge on any atom is -0.238 e. The molecule has 0 saturated heterocycles. The molecular weight excluding hydrogens is 316 g/mol. The van der Waals surface area contributed by atoms with E-state index >= 15 is 0 Å². The van der Waals surface area contributed by atoms with Gasteiger partial charge in [0, 0.05) is 17.3 Å². The number of nitrogens with zero attached hydrogens (tertiary/aromatic N) is 2. The van der Waals surface area contributed by atoms with E-state index in [1.54, 1.807) is 38.5 Å². The van der Waals surface area contributed by atoms with Crippen LogP contribution >= 0.6 is 0 Å². The van der Waals surface area contributed by atoms with E-state index in [0.29, 0.717) is 11.3 Å². The molecule has 26 heavy (non-hydrogen) atoms. The highest BCUT2D eigenvalue weighted by atomic mass is 14.9. The lowest BCUT2D eigenvalue weighted by atomic mass is 9.55. The average Bonchev–Trinajstić information content (AvgIpc) is 2.96. The third-order valence-corrected chi connectivity index (χ3v) is 9.39. The van der Waals surface area contributed by atoms with Gasteiger partial charge in [0.1, 0.15) is 5.82 Å². The van der Waals surface area contributed by atoms with Gasteiger partial charge in [-0.25, -0.2) is 9.97 Å². The first-order valence-electron chi connectivity index (χ1n) is 11.5. The Labute approximate surface area is 158 Å². The minimum atomic E-state index is 0.632. The fraction of sp³-hybridized carbons (Fsp3) is 0.833. The molecule has 3 bridgehead atoms. The van der Waals surface area contributed by atoms with Crippen molar-refractivity contribution in [2.75, 3.05) is 0 Å². The van der Waals surface area contributed by atoms with Crippen molar-refractivity contribution >= 4 is 0 Å². The molecular formula is C24H34N2. The van der Waals surface area contributed by atoms with Gasteiger partial charge < -0.3 is 0 Å². The van der Waals surface area contributed by atoms with Crippen molar-refractivity contribution in [3.05, 3.63) is 23.3 Å². The molecule has 140 valence electrons. The molecule has 0 radical (unpaired) electrons. The molecule has 1 heterocycles. The van der Waals surface area contributed by atoms with Gasteiger partial charge in [-0.2, -0.15) is 0 Å². The Balaban J connectivity index is 1.20. The van der Waals surface area contributed by atoms with Crippen LogP contribution in [0.4, 0.5) is 0 Å². The molecule has 1 aromatic rings. The van der Waals surface area contributed by atoms with Gasteiger partial charge in [0.2, 0.25) is 0 Å². The van der Waals surface area contributed by atoms with Crippen LogP contribution in [0.15, 0.2) is 6.07 Å². The topological polar surface area (TPSA) is 25.8 Å². The Morgan fingerprint density at radius 1 is 1.00 bits per heavy atom. The zero-order chi connectivity index (χ0) is 17.4. The van der Waals surface area contributed by atoms with Crippen molar-refractivity contribution in [2.24, 2.45) is 28.6 Å². The van der Waals surface area contributed by atoms with Gasteiger partial charge in [0.05, 0.1) is 0 Å². The van der Waals surface area contributed by atoms with Crippen LogP contribution in [0.5, 0.6) is 0 Å². The SMILES string of the molecule is Cc1cc(CCC23CC4CC5CC(C2)C5(C4)C3)nc(C2CCCCC2)n1. The van der Waals surface area contributed by atoms with Crippen LogP contribution in [0.1, 0.15) is 100 Å². The van der Waals surface area contributed by atoms with Gasteiger partial charge in [-0.3, -0.25) is 0 Å². The molecule has 5 atom stereocenters. The fourth-order valence-electron chi connectivity index (χ4n) is 8.55. The maximum Gasteiger partial charge on any atom is 0.131 e. The maximum absolute atomic E-state index is 5.09. The zero-order valence-electron chi connectivity index (χ0n) is 16.5. The van der Waals surface area contributed by atoms with Gasteiger partial charge in [-0.1, -0.05) is 19.3 Å². The molecule has 2 heteroatoms. The highest BCUT2D eigenvalue weighted by Gasteiger charge is 2.70.